The van der Waals surface area contributed by atoms with E-state index in [1.165, 1.54) is 0 Å². The lowest BCUT2D eigenvalue weighted by Gasteiger charge is -2.33. The van der Waals surface area contributed by atoms with Gasteiger partial charge in [-0.3, -0.25) is 4.68 Å². The molecule has 0 unspecified atom stereocenters. The van der Waals surface area contributed by atoms with Crippen molar-refractivity contribution in [2.75, 3.05) is 26.2 Å². The number of esters is 1. The first-order valence-corrected chi connectivity index (χ1v) is 11.1. The van der Waals surface area contributed by atoms with Crippen LogP contribution in [0.1, 0.15) is 53.8 Å². The highest BCUT2D eigenvalue weighted by Gasteiger charge is 2.30. The Hall–Kier alpha value is -2.87. The highest BCUT2D eigenvalue weighted by Crippen LogP contribution is 2.39. The molecule has 1 atom stereocenters. The number of rotatable bonds is 8. The zero-order chi connectivity index (χ0) is 21.6. The Bertz CT molecular complexity index is 894. The first kappa shape index (κ1) is 21.4. The van der Waals surface area contributed by atoms with Crippen LogP contribution in [0.2, 0.25) is 0 Å². The normalized spacial score (nSPS) is 18.6. The lowest BCUT2D eigenvalue weighted by atomic mass is 10.1. The first-order chi connectivity index (χ1) is 15.1. The minimum Gasteiger partial charge on any atom is -0.461 e. The van der Waals surface area contributed by atoms with E-state index in [1.807, 2.05) is 36.4 Å². The molecule has 0 bridgehead atoms. The number of carbonyl (C=O) groups excluding carboxylic acids is 2. The fourth-order valence-corrected chi connectivity index (χ4v) is 3.83. The molecule has 1 saturated carbocycles. The highest BCUT2D eigenvalue weighted by atomic mass is 16.6. The lowest BCUT2D eigenvalue weighted by molar-refractivity contribution is 0.0511. The monoisotopic (exact) mass is 426 g/mol. The Morgan fingerprint density at radius 2 is 2.00 bits per heavy atom. The molecule has 1 aliphatic heterocycles. The molecule has 2 fully saturated rings. The largest absolute Gasteiger partial charge is 0.461 e. The maximum Gasteiger partial charge on any atom is 0.410 e. The zero-order valence-corrected chi connectivity index (χ0v) is 18.0. The van der Waals surface area contributed by atoms with Crippen LogP contribution in [-0.2, 0) is 22.6 Å². The molecule has 8 nitrogen and oxygen atoms in total. The lowest BCUT2D eigenvalue weighted by Crippen LogP contribution is -2.53. The number of benzene rings is 1. The summed E-state index contributed by atoms with van der Waals surface area (Å²) in [6.45, 7) is 4.90. The van der Waals surface area contributed by atoms with Gasteiger partial charge < -0.3 is 19.7 Å². The molecule has 4 rings (SSSR count). The molecule has 0 spiro atoms. The molecule has 1 amide bonds. The van der Waals surface area contributed by atoms with E-state index in [1.54, 1.807) is 16.5 Å². The topological polar surface area (TPSA) is 85.7 Å². The standard InChI is InChI=1S/C23H30N4O4/c1-2-30-22(28)21-14-20(18-8-9-18)25-27(21)12-10-19-15-26(13-11-24-19)23(29)31-16-17-6-4-3-5-7-17/h3-7,14,18-19,24H,2,8-13,15-16H2,1H3/t19-/m1/s1. The predicted octanol–water partition coefficient (Wildman–Crippen LogP) is 2.94. The van der Waals surface area contributed by atoms with Crippen LogP contribution in [0.4, 0.5) is 4.79 Å². The van der Waals surface area contributed by atoms with Crippen molar-refractivity contribution in [1.82, 2.24) is 20.0 Å². The number of hydrogen-bond donors (Lipinski definition) is 1. The van der Waals surface area contributed by atoms with E-state index in [2.05, 4.69) is 10.4 Å². The van der Waals surface area contributed by atoms with Gasteiger partial charge in [-0.25, -0.2) is 9.59 Å². The number of amides is 1. The van der Waals surface area contributed by atoms with Gasteiger partial charge in [-0.2, -0.15) is 5.10 Å². The Labute approximate surface area is 182 Å². The van der Waals surface area contributed by atoms with Crippen molar-refractivity contribution in [3.8, 4) is 0 Å². The predicted molar refractivity (Wildman–Crippen MR) is 115 cm³/mol. The first-order valence-electron chi connectivity index (χ1n) is 11.1. The van der Waals surface area contributed by atoms with E-state index in [9.17, 15) is 9.59 Å². The summed E-state index contributed by atoms with van der Waals surface area (Å²) in [5.74, 6) is 0.140. The third-order valence-electron chi connectivity index (χ3n) is 5.69. The van der Waals surface area contributed by atoms with Crippen molar-refractivity contribution >= 4 is 12.1 Å². The number of hydrogen-bond acceptors (Lipinski definition) is 6. The number of nitrogens with one attached hydrogen (secondary N) is 1. The average molecular weight is 427 g/mol. The molecule has 1 saturated heterocycles. The van der Waals surface area contributed by atoms with Crippen LogP contribution in [0.3, 0.4) is 0 Å². The molecule has 166 valence electrons. The van der Waals surface area contributed by atoms with Gasteiger partial charge in [0, 0.05) is 38.1 Å². The number of piperazine rings is 1. The van der Waals surface area contributed by atoms with Crippen molar-refractivity contribution < 1.29 is 19.1 Å². The van der Waals surface area contributed by atoms with Gasteiger partial charge in [0.25, 0.3) is 0 Å². The molecule has 31 heavy (non-hydrogen) atoms. The minimum atomic E-state index is -0.329. The molecule has 1 N–H and O–H groups in total. The van der Waals surface area contributed by atoms with Gasteiger partial charge in [0.2, 0.25) is 0 Å². The second-order valence-electron chi connectivity index (χ2n) is 8.10. The van der Waals surface area contributed by atoms with E-state index in [-0.39, 0.29) is 24.7 Å². The van der Waals surface area contributed by atoms with Crippen LogP contribution in [-0.4, -0.2) is 59.0 Å². The molecule has 0 radical (unpaired) electrons. The summed E-state index contributed by atoms with van der Waals surface area (Å²) < 4.78 is 12.4. The molecule has 1 aromatic carbocycles. The summed E-state index contributed by atoms with van der Waals surface area (Å²) in [5, 5.41) is 8.12. The van der Waals surface area contributed by atoms with E-state index in [0.29, 0.717) is 44.4 Å². The summed E-state index contributed by atoms with van der Waals surface area (Å²) in [7, 11) is 0. The van der Waals surface area contributed by atoms with Gasteiger partial charge in [0.15, 0.2) is 0 Å². The molecular formula is C23H30N4O4. The average Bonchev–Trinajstić information content (AvgIpc) is 3.56. The van der Waals surface area contributed by atoms with Crippen LogP contribution < -0.4 is 5.32 Å². The number of aromatic nitrogens is 2. The van der Waals surface area contributed by atoms with Crippen molar-refractivity contribution in [3.63, 3.8) is 0 Å². The second kappa shape index (κ2) is 9.96. The van der Waals surface area contributed by atoms with Crippen molar-refractivity contribution in [1.29, 1.82) is 0 Å². The fourth-order valence-electron chi connectivity index (χ4n) is 3.83. The van der Waals surface area contributed by atoms with Gasteiger partial charge in [-0.15, -0.1) is 0 Å². The van der Waals surface area contributed by atoms with Crippen LogP contribution in [0, 0.1) is 0 Å². The van der Waals surface area contributed by atoms with Crippen LogP contribution in [0.25, 0.3) is 0 Å². The highest BCUT2D eigenvalue weighted by molar-refractivity contribution is 5.87. The third kappa shape index (κ3) is 5.64. The van der Waals surface area contributed by atoms with E-state index >= 15 is 0 Å². The molecule has 1 aliphatic carbocycles. The summed E-state index contributed by atoms with van der Waals surface area (Å²) in [6, 6.07) is 11.7. The summed E-state index contributed by atoms with van der Waals surface area (Å²) >= 11 is 0. The molecule has 2 heterocycles. The quantitative estimate of drug-likeness (QED) is 0.654. The van der Waals surface area contributed by atoms with E-state index in [0.717, 1.165) is 30.5 Å². The van der Waals surface area contributed by atoms with Gasteiger partial charge in [0.1, 0.15) is 12.3 Å². The molecule has 2 aliphatic rings. The van der Waals surface area contributed by atoms with Gasteiger partial charge in [0.05, 0.1) is 12.3 Å². The van der Waals surface area contributed by atoms with Crippen molar-refractivity contribution in [3.05, 3.63) is 53.3 Å². The number of nitrogens with zero attached hydrogens (tertiary/aromatic N) is 3. The molecule has 2 aromatic rings. The molecule has 8 heteroatoms. The number of aryl methyl sites for hydroxylation is 1. The Morgan fingerprint density at radius 1 is 1.19 bits per heavy atom. The van der Waals surface area contributed by atoms with Crippen LogP contribution >= 0.6 is 0 Å². The second-order valence-corrected chi connectivity index (χ2v) is 8.10. The summed E-state index contributed by atoms with van der Waals surface area (Å²) in [5.41, 5.74) is 2.46. The summed E-state index contributed by atoms with van der Waals surface area (Å²) in [6.07, 6.45) is 2.71. The Kier molecular flexibility index (Phi) is 6.86. The molecular weight excluding hydrogens is 396 g/mol. The third-order valence-corrected chi connectivity index (χ3v) is 5.69. The molecule has 1 aromatic heterocycles. The Balaban J connectivity index is 1.31. The summed E-state index contributed by atoms with van der Waals surface area (Å²) in [4.78, 5) is 26.6. The number of carbonyl (C=O) groups is 2. The zero-order valence-electron chi connectivity index (χ0n) is 18.0. The number of ether oxygens (including phenoxy) is 2. The van der Waals surface area contributed by atoms with Crippen molar-refractivity contribution in [2.45, 2.75) is 51.3 Å². The SMILES string of the molecule is CCOC(=O)c1cc(C2CC2)nn1CC[C@@H]1CN(C(=O)OCc2ccccc2)CCN1. The van der Waals surface area contributed by atoms with Crippen LogP contribution in [0.15, 0.2) is 36.4 Å². The van der Waals surface area contributed by atoms with E-state index in [4.69, 9.17) is 9.47 Å². The van der Waals surface area contributed by atoms with Crippen molar-refractivity contribution in [2.24, 2.45) is 0 Å². The Morgan fingerprint density at radius 3 is 2.74 bits per heavy atom. The van der Waals surface area contributed by atoms with Gasteiger partial charge in [-0.05, 0) is 37.8 Å². The maximum absolute atomic E-state index is 12.5. The minimum absolute atomic E-state index is 0.113. The fraction of sp³-hybridized carbons (Fsp3) is 0.522. The smallest absolute Gasteiger partial charge is 0.410 e. The maximum atomic E-state index is 12.5. The van der Waals surface area contributed by atoms with Gasteiger partial charge >= 0.3 is 12.1 Å². The van der Waals surface area contributed by atoms with E-state index < -0.39 is 0 Å². The van der Waals surface area contributed by atoms with Gasteiger partial charge in [-0.1, -0.05) is 30.3 Å². The van der Waals surface area contributed by atoms with Crippen LogP contribution in [0.5, 0.6) is 0 Å².